The minimum atomic E-state index is 0.257. The van der Waals surface area contributed by atoms with Gasteiger partial charge in [-0.15, -0.1) is 0 Å². The van der Waals surface area contributed by atoms with Crippen molar-refractivity contribution in [2.24, 2.45) is 5.73 Å². The predicted molar refractivity (Wildman–Crippen MR) is 80.4 cm³/mol. The molecule has 0 fully saturated rings. The zero-order valence-electron chi connectivity index (χ0n) is 12.5. The van der Waals surface area contributed by atoms with Gasteiger partial charge in [-0.25, -0.2) is 0 Å². The molecule has 0 saturated heterocycles. The van der Waals surface area contributed by atoms with Gasteiger partial charge >= 0.3 is 0 Å². The van der Waals surface area contributed by atoms with Crippen LogP contribution in [0.15, 0.2) is 28.8 Å². The van der Waals surface area contributed by atoms with E-state index < -0.39 is 0 Å². The normalized spacial score (nSPS) is 14.2. The molecule has 1 heterocycles. The Labute approximate surface area is 120 Å². The second-order valence-corrected chi connectivity index (χ2v) is 5.58. The lowest BCUT2D eigenvalue weighted by atomic mass is 10.0. The molecule has 0 spiro atoms. The van der Waals surface area contributed by atoms with Gasteiger partial charge in [0.1, 0.15) is 0 Å². The smallest absolute Gasteiger partial charge is 0.229 e. The van der Waals surface area contributed by atoms with E-state index in [9.17, 15) is 0 Å². The zero-order chi connectivity index (χ0) is 14.5. The lowest BCUT2D eigenvalue weighted by molar-refractivity contribution is 0.350. The van der Waals surface area contributed by atoms with Gasteiger partial charge in [-0.1, -0.05) is 42.8 Å². The molecule has 0 aliphatic heterocycles. The van der Waals surface area contributed by atoms with Gasteiger partial charge in [-0.3, -0.25) is 0 Å². The molecule has 0 amide bonds. The van der Waals surface area contributed by atoms with Crippen LogP contribution in [0.2, 0.25) is 0 Å². The Kier molecular flexibility index (Phi) is 4.90. The number of aryl methyl sites for hydroxylation is 1. The first-order valence-corrected chi connectivity index (χ1v) is 7.23. The van der Waals surface area contributed by atoms with E-state index in [2.05, 4.69) is 30.1 Å². The molecule has 2 atom stereocenters. The highest BCUT2D eigenvalue weighted by molar-refractivity contribution is 5.58. The fraction of sp³-hybridized carbons (Fsp3) is 0.500. The largest absolute Gasteiger partial charge is 0.339 e. The van der Waals surface area contributed by atoms with E-state index in [1.807, 2.05) is 25.1 Å². The second-order valence-electron chi connectivity index (χ2n) is 5.58. The molecule has 2 N–H and O–H groups in total. The van der Waals surface area contributed by atoms with Crippen LogP contribution >= 0.6 is 0 Å². The Morgan fingerprint density at radius 3 is 2.65 bits per heavy atom. The molecule has 0 aliphatic carbocycles. The van der Waals surface area contributed by atoms with E-state index >= 15 is 0 Å². The van der Waals surface area contributed by atoms with Crippen LogP contribution in [-0.4, -0.2) is 16.2 Å². The fourth-order valence-corrected chi connectivity index (χ4v) is 2.24. The third-order valence-electron chi connectivity index (χ3n) is 3.55. The first-order valence-electron chi connectivity index (χ1n) is 7.23. The van der Waals surface area contributed by atoms with E-state index in [1.165, 1.54) is 0 Å². The van der Waals surface area contributed by atoms with Gasteiger partial charge in [0.2, 0.25) is 11.7 Å². The van der Waals surface area contributed by atoms with E-state index in [1.54, 1.807) is 0 Å². The van der Waals surface area contributed by atoms with Crippen LogP contribution in [-0.2, 0) is 0 Å². The first-order chi connectivity index (χ1) is 9.58. The molecule has 0 radical (unpaired) electrons. The zero-order valence-corrected chi connectivity index (χ0v) is 12.5. The third kappa shape index (κ3) is 3.67. The molecule has 1 aromatic heterocycles. The van der Waals surface area contributed by atoms with Crippen molar-refractivity contribution in [1.29, 1.82) is 0 Å². The summed E-state index contributed by atoms with van der Waals surface area (Å²) in [5, 5.41) is 4.10. The highest BCUT2D eigenvalue weighted by Crippen LogP contribution is 2.25. The number of nitrogens with zero attached hydrogens (tertiary/aromatic N) is 2. The molecule has 2 rings (SSSR count). The molecule has 2 aromatic rings. The van der Waals surface area contributed by atoms with Crippen LogP contribution in [0, 0.1) is 6.92 Å². The van der Waals surface area contributed by atoms with Gasteiger partial charge in [0.25, 0.3) is 0 Å². The van der Waals surface area contributed by atoms with Crippen LogP contribution in [0.3, 0.4) is 0 Å². The Morgan fingerprint density at radius 1 is 1.20 bits per heavy atom. The molecular formula is C16H23N3O. The van der Waals surface area contributed by atoms with Crippen LogP contribution in [0.25, 0.3) is 11.4 Å². The number of nitrogens with two attached hydrogens (primary N) is 1. The van der Waals surface area contributed by atoms with Crippen molar-refractivity contribution >= 4 is 0 Å². The monoisotopic (exact) mass is 273 g/mol. The minimum absolute atomic E-state index is 0.257. The number of hydrogen-bond acceptors (Lipinski definition) is 4. The van der Waals surface area contributed by atoms with Crippen molar-refractivity contribution in [3.8, 4) is 11.4 Å². The Balaban J connectivity index is 2.03. The summed E-state index contributed by atoms with van der Waals surface area (Å²) in [6.07, 6.45) is 3.14. The Morgan fingerprint density at radius 2 is 1.95 bits per heavy atom. The summed E-state index contributed by atoms with van der Waals surface area (Å²) in [6, 6.07) is 8.33. The first kappa shape index (κ1) is 14.7. The maximum absolute atomic E-state index is 5.76. The molecule has 2 unspecified atom stereocenters. The van der Waals surface area contributed by atoms with Crippen molar-refractivity contribution in [3.63, 3.8) is 0 Å². The van der Waals surface area contributed by atoms with Crippen LogP contribution in [0.5, 0.6) is 0 Å². The molecule has 0 saturated carbocycles. The summed E-state index contributed by atoms with van der Waals surface area (Å²) in [5.74, 6) is 1.67. The summed E-state index contributed by atoms with van der Waals surface area (Å²) in [6.45, 7) is 6.21. The lowest BCUT2D eigenvalue weighted by Gasteiger charge is -2.07. The summed E-state index contributed by atoms with van der Waals surface area (Å²) in [5.41, 5.74) is 7.95. The molecule has 0 aliphatic rings. The molecule has 0 bridgehead atoms. The average molecular weight is 273 g/mol. The molecule has 4 heteroatoms. The Hall–Kier alpha value is -1.68. The second kappa shape index (κ2) is 6.66. The van der Waals surface area contributed by atoms with Crippen LogP contribution < -0.4 is 5.73 Å². The van der Waals surface area contributed by atoms with Crippen LogP contribution in [0.4, 0.5) is 0 Å². The summed E-state index contributed by atoms with van der Waals surface area (Å²) in [7, 11) is 0. The van der Waals surface area contributed by atoms with E-state index in [0.717, 1.165) is 30.4 Å². The SMILES string of the molecule is Cc1ccccc1-c1noc(C(C)CCCC(C)N)n1. The fourth-order valence-electron chi connectivity index (χ4n) is 2.24. The summed E-state index contributed by atoms with van der Waals surface area (Å²) >= 11 is 0. The lowest BCUT2D eigenvalue weighted by Crippen LogP contribution is -2.14. The van der Waals surface area contributed by atoms with Crippen LogP contribution in [0.1, 0.15) is 50.5 Å². The van der Waals surface area contributed by atoms with Gasteiger partial charge < -0.3 is 10.3 Å². The van der Waals surface area contributed by atoms with E-state index in [0.29, 0.717) is 11.7 Å². The number of hydrogen-bond donors (Lipinski definition) is 1. The maximum Gasteiger partial charge on any atom is 0.229 e. The van der Waals surface area contributed by atoms with Crippen molar-refractivity contribution in [2.75, 3.05) is 0 Å². The Bertz CT molecular complexity index is 548. The summed E-state index contributed by atoms with van der Waals surface area (Å²) in [4.78, 5) is 4.53. The topological polar surface area (TPSA) is 64.9 Å². The van der Waals surface area contributed by atoms with Gasteiger partial charge in [0.15, 0.2) is 0 Å². The molecule has 4 nitrogen and oxygen atoms in total. The minimum Gasteiger partial charge on any atom is -0.339 e. The predicted octanol–water partition coefficient (Wildman–Crippen LogP) is 3.67. The molecule has 20 heavy (non-hydrogen) atoms. The maximum atomic E-state index is 5.76. The number of benzene rings is 1. The van der Waals surface area contributed by atoms with Gasteiger partial charge in [-0.05, 0) is 32.3 Å². The molecule has 108 valence electrons. The third-order valence-corrected chi connectivity index (χ3v) is 3.55. The van der Waals surface area contributed by atoms with Gasteiger partial charge in [-0.2, -0.15) is 4.98 Å². The average Bonchev–Trinajstić information content (AvgIpc) is 2.88. The number of rotatable bonds is 6. The number of aromatic nitrogens is 2. The van der Waals surface area contributed by atoms with Crippen molar-refractivity contribution in [3.05, 3.63) is 35.7 Å². The molecule has 1 aromatic carbocycles. The van der Waals surface area contributed by atoms with Crippen molar-refractivity contribution < 1.29 is 4.52 Å². The van der Waals surface area contributed by atoms with Crippen molar-refractivity contribution in [1.82, 2.24) is 10.1 Å². The molecular weight excluding hydrogens is 250 g/mol. The van der Waals surface area contributed by atoms with Gasteiger partial charge in [0.05, 0.1) is 0 Å². The quantitative estimate of drug-likeness (QED) is 0.872. The highest BCUT2D eigenvalue weighted by atomic mass is 16.5. The highest BCUT2D eigenvalue weighted by Gasteiger charge is 2.16. The van der Waals surface area contributed by atoms with E-state index in [4.69, 9.17) is 10.3 Å². The van der Waals surface area contributed by atoms with Gasteiger partial charge in [0, 0.05) is 17.5 Å². The summed E-state index contributed by atoms with van der Waals surface area (Å²) < 4.78 is 5.40. The van der Waals surface area contributed by atoms with Crippen molar-refractivity contribution in [2.45, 2.75) is 52.0 Å². The standard InChI is InChI=1S/C16H23N3O/c1-11-7-4-5-10-14(11)15-18-16(20-19-15)12(2)8-6-9-13(3)17/h4-5,7,10,12-13H,6,8-9,17H2,1-3H3. The van der Waals surface area contributed by atoms with E-state index in [-0.39, 0.29) is 12.0 Å².